The Labute approximate surface area is 127 Å². The molecule has 2 fully saturated rings. The number of carbonyl (C=O) groups is 1. The maximum absolute atomic E-state index is 12.3. The summed E-state index contributed by atoms with van der Waals surface area (Å²) in [6.45, 7) is 2.21. The van der Waals surface area contributed by atoms with Crippen molar-refractivity contribution in [1.29, 1.82) is 0 Å². The van der Waals surface area contributed by atoms with E-state index in [4.69, 9.17) is 5.73 Å². The number of amides is 1. The van der Waals surface area contributed by atoms with Gasteiger partial charge in [-0.1, -0.05) is 0 Å². The van der Waals surface area contributed by atoms with Crippen LogP contribution in [0.3, 0.4) is 0 Å². The molecule has 1 saturated carbocycles. The van der Waals surface area contributed by atoms with Crippen molar-refractivity contribution in [3.8, 4) is 0 Å². The Morgan fingerprint density at radius 2 is 1.95 bits per heavy atom. The topological polar surface area (TPSA) is 58.4 Å². The maximum Gasteiger partial charge on any atom is 0.252 e. The lowest BCUT2D eigenvalue weighted by Crippen LogP contribution is -2.45. The Balaban J connectivity index is 1.57. The standard InChI is InChI=1S/C15H20BrN3O/c16-14-4-1-10(17)9-13(14)15(20)18-11-5-7-19(8-6-11)12-2-3-12/h1,4,9,11-12H,2-3,5-8,17H2,(H,18,20). The number of halogens is 1. The Morgan fingerprint density at radius 3 is 2.60 bits per heavy atom. The van der Waals surface area contributed by atoms with Gasteiger partial charge in [-0.15, -0.1) is 0 Å². The molecule has 0 radical (unpaired) electrons. The van der Waals surface area contributed by atoms with E-state index in [0.717, 1.165) is 36.4 Å². The van der Waals surface area contributed by atoms with Crippen LogP contribution in [0.2, 0.25) is 0 Å². The van der Waals surface area contributed by atoms with E-state index in [0.29, 0.717) is 11.3 Å². The normalized spacial score (nSPS) is 20.9. The molecule has 0 atom stereocenters. The SMILES string of the molecule is Nc1ccc(Br)c(C(=O)NC2CCN(C3CC3)CC2)c1. The van der Waals surface area contributed by atoms with Crippen LogP contribution in [-0.4, -0.2) is 36.0 Å². The number of nitrogens with one attached hydrogen (secondary N) is 1. The molecule has 108 valence electrons. The lowest BCUT2D eigenvalue weighted by Gasteiger charge is -2.32. The third kappa shape index (κ3) is 3.15. The minimum atomic E-state index is -0.0333. The first-order chi connectivity index (χ1) is 9.63. The molecule has 1 aliphatic heterocycles. The summed E-state index contributed by atoms with van der Waals surface area (Å²) < 4.78 is 0.791. The fourth-order valence-corrected chi connectivity index (χ4v) is 3.26. The molecule has 0 spiro atoms. The minimum Gasteiger partial charge on any atom is -0.399 e. The summed E-state index contributed by atoms with van der Waals surface area (Å²) in [6.07, 6.45) is 4.80. The van der Waals surface area contributed by atoms with Crippen LogP contribution >= 0.6 is 15.9 Å². The molecule has 1 saturated heterocycles. The highest BCUT2D eigenvalue weighted by molar-refractivity contribution is 9.10. The van der Waals surface area contributed by atoms with Gasteiger partial charge in [0.05, 0.1) is 5.56 Å². The summed E-state index contributed by atoms with van der Waals surface area (Å²) in [5.74, 6) is -0.0333. The lowest BCUT2D eigenvalue weighted by atomic mass is 10.0. The predicted molar refractivity (Wildman–Crippen MR) is 83.6 cm³/mol. The number of anilines is 1. The van der Waals surface area contributed by atoms with Crippen LogP contribution in [0.25, 0.3) is 0 Å². The van der Waals surface area contributed by atoms with Gasteiger partial charge >= 0.3 is 0 Å². The van der Waals surface area contributed by atoms with Gasteiger partial charge in [0.1, 0.15) is 0 Å². The Hall–Kier alpha value is -1.07. The number of rotatable bonds is 3. The number of nitrogen functional groups attached to an aromatic ring is 1. The van der Waals surface area contributed by atoms with Crippen molar-refractivity contribution in [3.63, 3.8) is 0 Å². The number of carbonyl (C=O) groups excluding carboxylic acids is 1. The van der Waals surface area contributed by atoms with Crippen LogP contribution < -0.4 is 11.1 Å². The van der Waals surface area contributed by atoms with Gasteiger partial charge < -0.3 is 16.0 Å². The summed E-state index contributed by atoms with van der Waals surface area (Å²) in [7, 11) is 0. The lowest BCUT2D eigenvalue weighted by molar-refractivity contribution is 0.0908. The molecule has 4 nitrogen and oxygen atoms in total. The number of hydrogen-bond acceptors (Lipinski definition) is 3. The third-order valence-electron chi connectivity index (χ3n) is 4.16. The van der Waals surface area contributed by atoms with Gasteiger partial charge in [-0.05, 0) is 59.8 Å². The first kappa shape index (κ1) is 13.9. The van der Waals surface area contributed by atoms with Crippen molar-refractivity contribution in [1.82, 2.24) is 10.2 Å². The van der Waals surface area contributed by atoms with Crippen molar-refractivity contribution >= 4 is 27.5 Å². The van der Waals surface area contributed by atoms with Gasteiger partial charge in [-0.25, -0.2) is 0 Å². The van der Waals surface area contributed by atoms with E-state index in [1.807, 2.05) is 6.07 Å². The molecule has 20 heavy (non-hydrogen) atoms. The van der Waals surface area contributed by atoms with E-state index in [1.54, 1.807) is 12.1 Å². The largest absolute Gasteiger partial charge is 0.399 e. The minimum absolute atomic E-state index is 0.0333. The predicted octanol–water partition coefficient (Wildman–Crippen LogP) is 2.39. The molecule has 2 aliphatic rings. The molecule has 1 aromatic carbocycles. The number of likely N-dealkylation sites (tertiary alicyclic amines) is 1. The molecule has 0 bridgehead atoms. The summed E-state index contributed by atoms with van der Waals surface area (Å²) >= 11 is 3.41. The highest BCUT2D eigenvalue weighted by atomic mass is 79.9. The van der Waals surface area contributed by atoms with Gasteiger partial charge in [0.2, 0.25) is 0 Å². The Bertz CT molecular complexity index is 508. The second-order valence-electron chi connectivity index (χ2n) is 5.75. The molecule has 1 heterocycles. The fraction of sp³-hybridized carbons (Fsp3) is 0.533. The molecule has 0 unspecified atom stereocenters. The van der Waals surface area contributed by atoms with Crippen LogP contribution in [0.1, 0.15) is 36.0 Å². The first-order valence-corrected chi connectivity index (χ1v) is 8.03. The maximum atomic E-state index is 12.3. The molecule has 5 heteroatoms. The molecule has 1 aliphatic carbocycles. The van der Waals surface area contributed by atoms with E-state index in [2.05, 4.69) is 26.1 Å². The van der Waals surface area contributed by atoms with Gasteiger partial charge in [0.25, 0.3) is 5.91 Å². The molecule has 1 aromatic rings. The smallest absolute Gasteiger partial charge is 0.252 e. The molecular weight excluding hydrogens is 318 g/mol. The van der Waals surface area contributed by atoms with Crippen molar-refractivity contribution in [3.05, 3.63) is 28.2 Å². The zero-order valence-corrected chi connectivity index (χ0v) is 13.0. The molecule has 3 rings (SSSR count). The molecule has 0 aromatic heterocycles. The van der Waals surface area contributed by atoms with Crippen molar-refractivity contribution in [2.75, 3.05) is 18.8 Å². The van der Waals surface area contributed by atoms with Crippen LogP contribution in [0, 0.1) is 0 Å². The highest BCUT2D eigenvalue weighted by Gasteiger charge is 2.32. The average molecular weight is 338 g/mol. The van der Waals surface area contributed by atoms with Gasteiger partial charge in [0, 0.05) is 35.3 Å². The summed E-state index contributed by atoms with van der Waals surface area (Å²) in [5.41, 5.74) is 6.98. The monoisotopic (exact) mass is 337 g/mol. The average Bonchev–Trinajstić information content (AvgIpc) is 3.27. The fourth-order valence-electron chi connectivity index (χ4n) is 2.83. The van der Waals surface area contributed by atoms with E-state index >= 15 is 0 Å². The third-order valence-corrected chi connectivity index (χ3v) is 4.85. The summed E-state index contributed by atoms with van der Waals surface area (Å²) in [4.78, 5) is 14.9. The number of nitrogens with two attached hydrogens (primary N) is 1. The quantitative estimate of drug-likeness (QED) is 0.832. The number of nitrogens with zero attached hydrogens (tertiary/aromatic N) is 1. The molecule has 1 amide bonds. The zero-order valence-electron chi connectivity index (χ0n) is 11.4. The van der Waals surface area contributed by atoms with Crippen LogP contribution in [0.5, 0.6) is 0 Å². The zero-order chi connectivity index (χ0) is 14.1. The first-order valence-electron chi connectivity index (χ1n) is 7.23. The Morgan fingerprint density at radius 1 is 1.25 bits per heavy atom. The summed E-state index contributed by atoms with van der Waals surface area (Å²) in [6, 6.07) is 6.44. The van der Waals surface area contributed by atoms with Gasteiger partial charge in [-0.2, -0.15) is 0 Å². The van der Waals surface area contributed by atoms with Crippen molar-refractivity contribution in [2.24, 2.45) is 0 Å². The number of piperidine rings is 1. The highest BCUT2D eigenvalue weighted by Crippen LogP contribution is 2.29. The molecular formula is C15H20BrN3O. The van der Waals surface area contributed by atoms with Crippen molar-refractivity contribution < 1.29 is 4.79 Å². The Kier molecular flexibility index (Phi) is 3.98. The van der Waals surface area contributed by atoms with Gasteiger partial charge in [-0.3, -0.25) is 4.79 Å². The van der Waals surface area contributed by atoms with E-state index < -0.39 is 0 Å². The summed E-state index contributed by atoms with van der Waals surface area (Å²) in [5, 5.41) is 3.13. The van der Waals surface area contributed by atoms with E-state index in [-0.39, 0.29) is 11.9 Å². The number of benzene rings is 1. The van der Waals surface area contributed by atoms with Gasteiger partial charge in [0.15, 0.2) is 0 Å². The van der Waals surface area contributed by atoms with Crippen LogP contribution in [0.4, 0.5) is 5.69 Å². The van der Waals surface area contributed by atoms with Crippen LogP contribution in [0.15, 0.2) is 22.7 Å². The molecule has 3 N–H and O–H groups in total. The van der Waals surface area contributed by atoms with Crippen molar-refractivity contribution in [2.45, 2.75) is 37.8 Å². The second kappa shape index (κ2) is 5.74. The van der Waals surface area contributed by atoms with E-state index in [1.165, 1.54) is 12.8 Å². The van der Waals surface area contributed by atoms with Crippen LogP contribution in [-0.2, 0) is 0 Å². The number of hydrogen-bond donors (Lipinski definition) is 2. The second-order valence-corrected chi connectivity index (χ2v) is 6.61. The van der Waals surface area contributed by atoms with E-state index in [9.17, 15) is 4.79 Å².